The minimum atomic E-state index is -0.179. The summed E-state index contributed by atoms with van der Waals surface area (Å²) in [4.78, 5) is 20.9. The topological polar surface area (TPSA) is 59.2 Å². The fraction of sp³-hybridized carbons (Fsp3) is 0.278. The number of aromatic nitrogens is 2. The summed E-state index contributed by atoms with van der Waals surface area (Å²) in [6.45, 7) is 4.80. The van der Waals surface area contributed by atoms with Crippen LogP contribution in [0.25, 0.3) is 10.7 Å². The highest BCUT2D eigenvalue weighted by molar-refractivity contribution is 8.00. The van der Waals surface area contributed by atoms with Crippen LogP contribution in [0.3, 0.4) is 0 Å². The van der Waals surface area contributed by atoms with E-state index >= 15 is 0 Å². The van der Waals surface area contributed by atoms with Gasteiger partial charge < -0.3 is 9.42 Å². The Balaban J connectivity index is 1.64. The fourth-order valence-corrected chi connectivity index (χ4v) is 3.97. The van der Waals surface area contributed by atoms with Crippen molar-refractivity contribution in [2.75, 3.05) is 6.54 Å². The minimum absolute atomic E-state index is 0.0622. The van der Waals surface area contributed by atoms with Gasteiger partial charge in [-0.15, -0.1) is 23.1 Å². The van der Waals surface area contributed by atoms with E-state index in [9.17, 15) is 4.79 Å². The smallest absolute Gasteiger partial charge is 0.246 e. The summed E-state index contributed by atoms with van der Waals surface area (Å²) in [6, 6.07) is 13.8. The van der Waals surface area contributed by atoms with E-state index in [1.807, 2.05) is 61.7 Å². The Bertz CT molecular complexity index is 803. The molecule has 0 bridgehead atoms. The fourth-order valence-electron chi connectivity index (χ4n) is 2.34. The molecule has 0 N–H and O–H groups in total. The summed E-state index contributed by atoms with van der Waals surface area (Å²) in [5, 5.41) is 5.79. The molecule has 5 nitrogen and oxygen atoms in total. The van der Waals surface area contributed by atoms with Crippen LogP contribution in [-0.2, 0) is 11.3 Å². The molecule has 0 aliphatic carbocycles. The number of carbonyl (C=O) groups is 1. The molecule has 0 unspecified atom stereocenters. The van der Waals surface area contributed by atoms with E-state index in [1.54, 1.807) is 28.0 Å². The monoisotopic (exact) mass is 373 g/mol. The van der Waals surface area contributed by atoms with Crippen molar-refractivity contribution in [3.8, 4) is 10.7 Å². The standard InChI is InChI=1S/C18H19N3O2S2/c1-3-21(18(22)13(2)25-14-8-5-4-6-9-14)12-16-19-17(20-23-16)15-10-7-11-24-15/h4-11,13H,3,12H2,1-2H3/t13-/m0/s1. The van der Waals surface area contributed by atoms with Gasteiger partial charge in [-0.2, -0.15) is 4.98 Å². The zero-order chi connectivity index (χ0) is 17.6. The molecule has 0 aliphatic rings. The first-order valence-corrected chi connectivity index (χ1v) is 9.80. The predicted molar refractivity (Wildman–Crippen MR) is 100 cm³/mol. The summed E-state index contributed by atoms with van der Waals surface area (Å²) in [6.07, 6.45) is 0. The maximum absolute atomic E-state index is 12.7. The number of hydrogen-bond acceptors (Lipinski definition) is 6. The van der Waals surface area contributed by atoms with E-state index in [0.29, 0.717) is 24.8 Å². The normalized spacial score (nSPS) is 12.1. The Labute approximate surface area is 155 Å². The van der Waals surface area contributed by atoms with Gasteiger partial charge in [0.25, 0.3) is 0 Å². The lowest BCUT2D eigenvalue weighted by atomic mass is 10.3. The molecule has 1 amide bonds. The second kappa shape index (κ2) is 8.31. The van der Waals surface area contributed by atoms with E-state index in [0.717, 1.165) is 9.77 Å². The number of benzene rings is 1. The van der Waals surface area contributed by atoms with E-state index in [2.05, 4.69) is 10.1 Å². The number of thioether (sulfide) groups is 1. The molecule has 0 saturated heterocycles. The third-order valence-corrected chi connectivity index (χ3v) is 5.60. The van der Waals surface area contributed by atoms with Crippen molar-refractivity contribution in [3.05, 3.63) is 53.7 Å². The number of amides is 1. The van der Waals surface area contributed by atoms with Crippen molar-refractivity contribution < 1.29 is 9.32 Å². The SMILES string of the molecule is CCN(Cc1nc(-c2cccs2)no1)C(=O)[C@H](C)Sc1ccccc1. The molecular formula is C18H19N3O2S2. The largest absolute Gasteiger partial charge is 0.337 e. The van der Waals surface area contributed by atoms with Crippen LogP contribution < -0.4 is 0 Å². The molecule has 2 heterocycles. The first kappa shape index (κ1) is 17.7. The van der Waals surface area contributed by atoms with Crippen molar-refractivity contribution in [2.24, 2.45) is 0 Å². The average Bonchev–Trinajstić information content (AvgIpc) is 3.31. The molecule has 2 aromatic heterocycles. The van der Waals surface area contributed by atoms with Crippen molar-refractivity contribution in [1.29, 1.82) is 0 Å². The Morgan fingerprint density at radius 3 is 2.76 bits per heavy atom. The molecule has 3 aromatic rings. The Hall–Kier alpha value is -2.12. The van der Waals surface area contributed by atoms with E-state index in [4.69, 9.17) is 4.52 Å². The summed E-state index contributed by atoms with van der Waals surface area (Å²) >= 11 is 3.11. The quantitative estimate of drug-likeness (QED) is 0.577. The van der Waals surface area contributed by atoms with Gasteiger partial charge in [-0.1, -0.05) is 29.4 Å². The molecule has 25 heavy (non-hydrogen) atoms. The van der Waals surface area contributed by atoms with Crippen LogP contribution in [0.1, 0.15) is 19.7 Å². The van der Waals surface area contributed by atoms with Crippen molar-refractivity contribution >= 4 is 29.0 Å². The van der Waals surface area contributed by atoms with Gasteiger partial charge in [-0.05, 0) is 37.4 Å². The summed E-state index contributed by atoms with van der Waals surface area (Å²) in [7, 11) is 0. The van der Waals surface area contributed by atoms with Gasteiger partial charge in [-0.25, -0.2) is 0 Å². The Morgan fingerprint density at radius 1 is 1.28 bits per heavy atom. The zero-order valence-corrected chi connectivity index (χ0v) is 15.7. The van der Waals surface area contributed by atoms with E-state index in [1.165, 1.54) is 0 Å². The lowest BCUT2D eigenvalue weighted by Gasteiger charge is -2.22. The van der Waals surface area contributed by atoms with Gasteiger partial charge in [0.1, 0.15) is 6.54 Å². The second-order valence-corrected chi connectivity index (χ2v) is 7.78. The molecule has 0 aliphatic heterocycles. The molecule has 3 rings (SSSR count). The number of nitrogens with zero attached hydrogens (tertiary/aromatic N) is 3. The third-order valence-electron chi connectivity index (χ3n) is 3.63. The maximum Gasteiger partial charge on any atom is 0.246 e. The Kier molecular flexibility index (Phi) is 5.88. The maximum atomic E-state index is 12.7. The van der Waals surface area contributed by atoms with Crippen molar-refractivity contribution in [3.63, 3.8) is 0 Å². The highest BCUT2D eigenvalue weighted by atomic mass is 32.2. The van der Waals surface area contributed by atoms with Crippen molar-refractivity contribution in [1.82, 2.24) is 15.0 Å². The molecule has 0 spiro atoms. The predicted octanol–water partition coefficient (Wildman–Crippen LogP) is 4.33. The number of thiophene rings is 1. The van der Waals surface area contributed by atoms with Crippen LogP contribution in [-0.4, -0.2) is 32.7 Å². The van der Waals surface area contributed by atoms with Crippen LogP contribution in [0.15, 0.2) is 57.3 Å². The number of hydrogen-bond donors (Lipinski definition) is 0. The van der Waals surface area contributed by atoms with Gasteiger partial charge in [0.05, 0.1) is 10.1 Å². The highest BCUT2D eigenvalue weighted by Crippen LogP contribution is 2.25. The molecule has 0 fully saturated rings. The second-order valence-electron chi connectivity index (χ2n) is 5.41. The molecule has 1 atom stereocenters. The van der Waals surface area contributed by atoms with Gasteiger partial charge in [-0.3, -0.25) is 4.79 Å². The number of rotatable bonds is 7. The molecule has 7 heteroatoms. The molecule has 1 aromatic carbocycles. The first-order chi connectivity index (χ1) is 12.2. The molecule has 130 valence electrons. The first-order valence-electron chi connectivity index (χ1n) is 8.04. The lowest BCUT2D eigenvalue weighted by Crippen LogP contribution is -2.36. The van der Waals surface area contributed by atoms with E-state index in [-0.39, 0.29) is 11.2 Å². The van der Waals surface area contributed by atoms with E-state index < -0.39 is 0 Å². The summed E-state index contributed by atoms with van der Waals surface area (Å²) in [5.41, 5.74) is 0. The summed E-state index contributed by atoms with van der Waals surface area (Å²) < 4.78 is 5.31. The van der Waals surface area contributed by atoms with Gasteiger partial charge in [0.2, 0.25) is 17.6 Å². The van der Waals surface area contributed by atoms with Gasteiger partial charge in [0, 0.05) is 11.4 Å². The van der Waals surface area contributed by atoms with Gasteiger partial charge >= 0.3 is 0 Å². The lowest BCUT2D eigenvalue weighted by molar-refractivity contribution is -0.131. The zero-order valence-electron chi connectivity index (χ0n) is 14.1. The number of carbonyl (C=O) groups excluding carboxylic acids is 1. The van der Waals surface area contributed by atoms with Crippen LogP contribution in [0.2, 0.25) is 0 Å². The molecule has 0 radical (unpaired) electrons. The van der Waals surface area contributed by atoms with Crippen molar-refractivity contribution in [2.45, 2.75) is 30.5 Å². The molecular weight excluding hydrogens is 354 g/mol. The highest BCUT2D eigenvalue weighted by Gasteiger charge is 2.22. The average molecular weight is 374 g/mol. The van der Waals surface area contributed by atoms with Gasteiger partial charge in [0.15, 0.2) is 0 Å². The van der Waals surface area contributed by atoms with Crippen LogP contribution in [0.5, 0.6) is 0 Å². The minimum Gasteiger partial charge on any atom is -0.337 e. The summed E-state index contributed by atoms with van der Waals surface area (Å²) in [5.74, 6) is 1.09. The third kappa shape index (κ3) is 4.49. The van der Waals surface area contributed by atoms with Crippen LogP contribution in [0.4, 0.5) is 0 Å². The van der Waals surface area contributed by atoms with Crippen LogP contribution >= 0.6 is 23.1 Å². The Morgan fingerprint density at radius 2 is 2.08 bits per heavy atom. The molecule has 0 saturated carbocycles. The van der Waals surface area contributed by atoms with Crippen LogP contribution in [0, 0.1) is 0 Å².